The van der Waals surface area contributed by atoms with Gasteiger partial charge in [-0.15, -0.1) is 0 Å². The van der Waals surface area contributed by atoms with Gasteiger partial charge in [0, 0.05) is 18.7 Å². The number of aryl methyl sites for hydroxylation is 1. The summed E-state index contributed by atoms with van der Waals surface area (Å²) in [6, 6.07) is 7.45. The van der Waals surface area contributed by atoms with Gasteiger partial charge >= 0.3 is 0 Å². The number of rotatable bonds is 12. The van der Waals surface area contributed by atoms with E-state index in [1.54, 1.807) is 6.92 Å². The van der Waals surface area contributed by atoms with Crippen molar-refractivity contribution in [3.8, 4) is 11.3 Å². The van der Waals surface area contributed by atoms with E-state index in [4.69, 9.17) is 16.1 Å². The Morgan fingerprint density at radius 3 is 2.18 bits per heavy atom. The van der Waals surface area contributed by atoms with Crippen molar-refractivity contribution in [1.82, 2.24) is 10.1 Å². The molecule has 0 aliphatic carbocycles. The highest BCUT2D eigenvalue weighted by atomic mass is 35.5. The quantitative estimate of drug-likeness (QED) is 0.361. The van der Waals surface area contributed by atoms with E-state index >= 15 is 0 Å². The van der Waals surface area contributed by atoms with E-state index < -0.39 is 0 Å². The largest absolute Gasteiger partial charge is 0.360 e. The van der Waals surface area contributed by atoms with Crippen molar-refractivity contribution in [2.75, 3.05) is 13.1 Å². The van der Waals surface area contributed by atoms with Crippen molar-refractivity contribution in [2.45, 2.75) is 72.1 Å². The minimum atomic E-state index is 0.00154. The summed E-state index contributed by atoms with van der Waals surface area (Å²) in [6.45, 7) is 7.75. The van der Waals surface area contributed by atoms with Crippen molar-refractivity contribution in [2.24, 2.45) is 0 Å². The molecular weight excluding hydrogens is 372 g/mol. The van der Waals surface area contributed by atoms with E-state index in [-0.39, 0.29) is 5.91 Å². The standard InChI is InChI=1S/C23H33ClN2O2/c1-4-6-8-12-16-26(17-13-9-7-5-2)23(27)21-18(3)28-25-22(21)19-14-10-11-15-20(19)24/h10-11,14-15H,4-9,12-13,16-17H2,1-3H3. The molecular formula is C23H33ClN2O2. The molecule has 2 aromatic rings. The monoisotopic (exact) mass is 404 g/mol. The van der Waals surface area contributed by atoms with Gasteiger partial charge in [-0.25, -0.2) is 0 Å². The van der Waals surface area contributed by atoms with Gasteiger partial charge < -0.3 is 9.42 Å². The second-order valence-corrected chi connectivity index (χ2v) is 7.76. The Kier molecular flexibility index (Phi) is 9.56. The maximum absolute atomic E-state index is 13.4. The van der Waals surface area contributed by atoms with E-state index in [0.717, 1.165) is 44.3 Å². The molecule has 0 N–H and O–H groups in total. The molecule has 1 amide bonds. The Balaban J connectivity index is 2.22. The minimum absolute atomic E-state index is 0.00154. The molecule has 5 heteroatoms. The van der Waals surface area contributed by atoms with Gasteiger partial charge in [0.2, 0.25) is 0 Å². The van der Waals surface area contributed by atoms with Crippen molar-refractivity contribution >= 4 is 17.5 Å². The molecule has 4 nitrogen and oxygen atoms in total. The number of nitrogens with zero attached hydrogens (tertiary/aromatic N) is 2. The van der Waals surface area contributed by atoms with Crippen LogP contribution in [-0.4, -0.2) is 29.1 Å². The fraction of sp³-hybridized carbons (Fsp3) is 0.565. The Morgan fingerprint density at radius 2 is 1.61 bits per heavy atom. The third-order valence-corrected chi connectivity index (χ3v) is 5.39. The summed E-state index contributed by atoms with van der Waals surface area (Å²) >= 11 is 6.35. The second kappa shape index (κ2) is 11.9. The van der Waals surface area contributed by atoms with Crippen LogP contribution >= 0.6 is 11.6 Å². The van der Waals surface area contributed by atoms with Crippen LogP contribution in [-0.2, 0) is 0 Å². The highest BCUT2D eigenvalue weighted by Gasteiger charge is 2.26. The topological polar surface area (TPSA) is 46.3 Å². The maximum atomic E-state index is 13.4. The average molecular weight is 405 g/mol. The lowest BCUT2D eigenvalue weighted by Crippen LogP contribution is -2.33. The molecule has 1 aromatic carbocycles. The first-order valence-electron chi connectivity index (χ1n) is 10.6. The molecule has 154 valence electrons. The predicted octanol–water partition coefficient (Wildman–Crippen LogP) is 6.91. The molecule has 28 heavy (non-hydrogen) atoms. The second-order valence-electron chi connectivity index (χ2n) is 7.36. The first kappa shape index (κ1) is 22.5. The van der Waals surface area contributed by atoms with Crippen LogP contribution in [0.2, 0.25) is 5.02 Å². The van der Waals surface area contributed by atoms with Crippen molar-refractivity contribution in [3.63, 3.8) is 0 Å². The number of halogens is 1. The molecule has 0 radical (unpaired) electrons. The van der Waals surface area contributed by atoms with Crippen molar-refractivity contribution in [1.29, 1.82) is 0 Å². The highest BCUT2D eigenvalue weighted by molar-refractivity contribution is 6.33. The number of hydrogen-bond acceptors (Lipinski definition) is 3. The SMILES string of the molecule is CCCCCCN(CCCCCC)C(=O)c1c(-c2ccccc2Cl)noc1C. The van der Waals surface area contributed by atoms with Crippen LogP contribution in [0.5, 0.6) is 0 Å². The number of hydrogen-bond donors (Lipinski definition) is 0. The van der Waals surface area contributed by atoms with Gasteiger partial charge in [0.05, 0.1) is 5.02 Å². The van der Waals surface area contributed by atoms with Crippen molar-refractivity contribution < 1.29 is 9.32 Å². The third-order valence-electron chi connectivity index (χ3n) is 5.06. The zero-order valence-electron chi connectivity index (χ0n) is 17.5. The fourth-order valence-corrected chi connectivity index (χ4v) is 3.62. The van der Waals surface area contributed by atoms with Gasteiger partial charge in [-0.1, -0.05) is 87.3 Å². The highest BCUT2D eigenvalue weighted by Crippen LogP contribution is 2.31. The summed E-state index contributed by atoms with van der Waals surface area (Å²) in [6.07, 6.45) is 9.13. The van der Waals surface area contributed by atoms with E-state index in [1.807, 2.05) is 29.2 Å². The Labute approximate surface area is 174 Å². The number of carbonyl (C=O) groups is 1. The first-order chi connectivity index (χ1) is 13.6. The van der Waals surface area contributed by atoms with Gasteiger partial charge in [-0.05, 0) is 25.8 Å². The summed E-state index contributed by atoms with van der Waals surface area (Å²) in [5.74, 6) is 0.550. The predicted molar refractivity (Wildman–Crippen MR) is 116 cm³/mol. The number of carbonyl (C=O) groups excluding carboxylic acids is 1. The van der Waals surface area contributed by atoms with Gasteiger partial charge in [-0.2, -0.15) is 0 Å². The van der Waals surface area contributed by atoms with E-state index in [1.165, 1.54) is 25.7 Å². The van der Waals surface area contributed by atoms with Crippen LogP contribution < -0.4 is 0 Å². The molecule has 0 atom stereocenters. The van der Waals surface area contributed by atoms with Gasteiger partial charge in [0.1, 0.15) is 17.0 Å². The summed E-state index contributed by atoms with van der Waals surface area (Å²) in [4.78, 5) is 15.4. The maximum Gasteiger partial charge on any atom is 0.259 e. The van der Waals surface area contributed by atoms with Gasteiger partial charge in [0.25, 0.3) is 5.91 Å². The van der Waals surface area contributed by atoms with Crippen LogP contribution in [0.15, 0.2) is 28.8 Å². The lowest BCUT2D eigenvalue weighted by molar-refractivity contribution is 0.0748. The molecule has 0 fully saturated rings. The third kappa shape index (κ3) is 6.10. The van der Waals surface area contributed by atoms with Crippen LogP contribution in [0.1, 0.15) is 81.3 Å². The van der Waals surface area contributed by atoms with Crippen LogP contribution in [0.4, 0.5) is 0 Å². The molecule has 0 saturated carbocycles. The lowest BCUT2D eigenvalue weighted by Gasteiger charge is -2.23. The molecule has 2 rings (SSSR count). The summed E-state index contributed by atoms with van der Waals surface area (Å²) in [5.41, 5.74) is 1.82. The van der Waals surface area contributed by atoms with Crippen molar-refractivity contribution in [3.05, 3.63) is 40.6 Å². The van der Waals surface area contributed by atoms with E-state index in [9.17, 15) is 4.79 Å². The molecule has 1 heterocycles. The number of benzene rings is 1. The fourth-order valence-electron chi connectivity index (χ4n) is 3.39. The van der Waals surface area contributed by atoms with Crippen LogP contribution in [0.25, 0.3) is 11.3 Å². The van der Waals surface area contributed by atoms with E-state index in [2.05, 4.69) is 19.0 Å². The Hall–Kier alpha value is -1.81. The number of aromatic nitrogens is 1. The molecule has 0 unspecified atom stereocenters. The minimum Gasteiger partial charge on any atom is -0.360 e. The molecule has 0 aliphatic heterocycles. The van der Waals surface area contributed by atoms with Gasteiger partial charge in [-0.3, -0.25) is 4.79 Å². The summed E-state index contributed by atoms with van der Waals surface area (Å²) in [5, 5.41) is 4.73. The molecule has 0 aliphatic rings. The Morgan fingerprint density at radius 1 is 1.00 bits per heavy atom. The van der Waals surface area contributed by atoms with Gasteiger partial charge in [0.15, 0.2) is 0 Å². The average Bonchev–Trinajstić information content (AvgIpc) is 3.07. The molecule has 0 spiro atoms. The van der Waals surface area contributed by atoms with Crippen LogP contribution in [0, 0.1) is 6.92 Å². The first-order valence-corrected chi connectivity index (χ1v) is 11.0. The molecule has 0 saturated heterocycles. The lowest BCUT2D eigenvalue weighted by atomic mass is 10.0. The summed E-state index contributed by atoms with van der Waals surface area (Å²) < 4.78 is 5.41. The normalized spacial score (nSPS) is 11.0. The number of amides is 1. The molecule has 1 aromatic heterocycles. The zero-order valence-corrected chi connectivity index (χ0v) is 18.2. The smallest absolute Gasteiger partial charge is 0.259 e. The van der Waals surface area contributed by atoms with E-state index in [0.29, 0.717) is 22.0 Å². The number of unbranched alkanes of at least 4 members (excludes halogenated alkanes) is 6. The Bertz CT molecular complexity index is 730. The summed E-state index contributed by atoms with van der Waals surface area (Å²) in [7, 11) is 0. The van der Waals surface area contributed by atoms with Crippen LogP contribution in [0.3, 0.4) is 0 Å². The molecule has 0 bridgehead atoms. The zero-order chi connectivity index (χ0) is 20.4.